The second kappa shape index (κ2) is 6.54. The van der Waals surface area contributed by atoms with Crippen LogP contribution in [0.4, 0.5) is 5.82 Å². The summed E-state index contributed by atoms with van der Waals surface area (Å²) in [5.74, 6) is 0.151. The zero-order valence-electron chi connectivity index (χ0n) is 11.9. The lowest BCUT2D eigenvalue weighted by Gasteiger charge is -2.27. The molecule has 1 aliphatic carbocycles. The molecule has 20 heavy (non-hydrogen) atoms. The molecule has 6 heteroatoms. The number of hydrogen-bond acceptors (Lipinski definition) is 5. The molecular weight excluding hydrogens is 258 g/mol. The number of carboxylic acid groups (broad SMARTS) is 1. The van der Waals surface area contributed by atoms with Gasteiger partial charge in [0.05, 0.1) is 24.4 Å². The molecule has 2 N–H and O–H groups in total. The molecule has 0 saturated heterocycles. The van der Waals surface area contributed by atoms with E-state index in [-0.39, 0.29) is 18.1 Å². The van der Waals surface area contributed by atoms with Gasteiger partial charge in [-0.1, -0.05) is 6.42 Å². The molecule has 0 spiro atoms. The Hall–Kier alpha value is -1.85. The topological polar surface area (TPSA) is 84.3 Å². The number of rotatable bonds is 5. The fraction of sp³-hybridized carbons (Fsp3) is 0.643. The maximum absolute atomic E-state index is 11.1. The maximum Gasteiger partial charge on any atom is 0.306 e. The number of nitrogens with one attached hydrogen (secondary N) is 1. The molecular formula is C14H21N3O3. The van der Waals surface area contributed by atoms with Gasteiger partial charge in [0.15, 0.2) is 0 Å². The van der Waals surface area contributed by atoms with Crippen molar-refractivity contribution < 1.29 is 14.6 Å². The Bertz CT molecular complexity index is 465. The third-order valence-electron chi connectivity index (χ3n) is 3.34. The fourth-order valence-electron chi connectivity index (χ4n) is 2.47. The molecule has 1 fully saturated rings. The first kappa shape index (κ1) is 14.6. The van der Waals surface area contributed by atoms with E-state index < -0.39 is 5.97 Å². The van der Waals surface area contributed by atoms with Crippen molar-refractivity contribution in [3.8, 4) is 5.88 Å². The Labute approximate surface area is 118 Å². The molecule has 0 radical (unpaired) electrons. The van der Waals surface area contributed by atoms with Crippen molar-refractivity contribution in [3.63, 3.8) is 0 Å². The monoisotopic (exact) mass is 279 g/mol. The maximum atomic E-state index is 11.1. The molecule has 0 bridgehead atoms. The van der Waals surface area contributed by atoms with Crippen LogP contribution in [0.2, 0.25) is 0 Å². The van der Waals surface area contributed by atoms with Gasteiger partial charge >= 0.3 is 5.97 Å². The average Bonchev–Trinajstić information content (AvgIpc) is 2.38. The number of ether oxygens (including phenoxy) is 1. The molecule has 110 valence electrons. The van der Waals surface area contributed by atoms with E-state index in [0.717, 1.165) is 19.3 Å². The Balaban J connectivity index is 1.97. The van der Waals surface area contributed by atoms with Gasteiger partial charge in [-0.3, -0.25) is 9.78 Å². The molecule has 2 unspecified atom stereocenters. The Kier molecular flexibility index (Phi) is 4.76. The second-order valence-electron chi connectivity index (χ2n) is 5.45. The molecule has 2 rings (SSSR count). The molecule has 2 atom stereocenters. The van der Waals surface area contributed by atoms with Crippen molar-refractivity contribution in [2.24, 2.45) is 5.92 Å². The highest BCUT2D eigenvalue weighted by atomic mass is 16.5. The van der Waals surface area contributed by atoms with Crippen LogP contribution in [-0.4, -0.2) is 33.2 Å². The van der Waals surface area contributed by atoms with Crippen molar-refractivity contribution in [2.75, 3.05) is 5.32 Å². The molecule has 1 aromatic rings. The summed E-state index contributed by atoms with van der Waals surface area (Å²) in [6.07, 6.45) is 6.53. The van der Waals surface area contributed by atoms with E-state index in [1.165, 1.54) is 0 Å². The summed E-state index contributed by atoms with van der Waals surface area (Å²) in [6, 6.07) is 0.133. The Morgan fingerprint density at radius 2 is 2.25 bits per heavy atom. The standard InChI is InChI=1S/C14H21N3O3/c1-9(2)20-13-8-15-7-12(17-13)16-11-5-3-4-10(6-11)14(18)19/h7-11H,3-6H2,1-2H3,(H,16,17)(H,18,19). The van der Waals surface area contributed by atoms with E-state index in [2.05, 4.69) is 15.3 Å². The predicted octanol–water partition coefficient (Wildman–Crippen LogP) is 2.32. The number of hydrogen-bond donors (Lipinski definition) is 2. The summed E-state index contributed by atoms with van der Waals surface area (Å²) in [7, 11) is 0. The van der Waals surface area contributed by atoms with Gasteiger partial charge in [0.1, 0.15) is 5.82 Å². The van der Waals surface area contributed by atoms with E-state index >= 15 is 0 Å². The number of nitrogens with zero attached hydrogens (tertiary/aromatic N) is 2. The van der Waals surface area contributed by atoms with Gasteiger partial charge in [0, 0.05) is 6.04 Å². The van der Waals surface area contributed by atoms with Crippen LogP contribution in [-0.2, 0) is 4.79 Å². The number of aromatic nitrogens is 2. The summed E-state index contributed by atoms with van der Waals surface area (Å²) in [6.45, 7) is 3.86. The zero-order chi connectivity index (χ0) is 14.5. The molecule has 1 aliphatic rings. The Morgan fingerprint density at radius 1 is 1.45 bits per heavy atom. The predicted molar refractivity (Wildman–Crippen MR) is 74.8 cm³/mol. The number of anilines is 1. The quantitative estimate of drug-likeness (QED) is 0.860. The fourth-order valence-corrected chi connectivity index (χ4v) is 2.47. The van der Waals surface area contributed by atoms with Crippen LogP contribution in [0.3, 0.4) is 0 Å². The van der Waals surface area contributed by atoms with Gasteiger partial charge in [-0.2, -0.15) is 4.98 Å². The van der Waals surface area contributed by atoms with Crippen LogP contribution in [0.5, 0.6) is 5.88 Å². The van der Waals surface area contributed by atoms with Gasteiger partial charge in [0.25, 0.3) is 0 Å². The minimum Gasteiger partial charge on any atom is -0.481 e. The van der Waals surface area contributed by atoms with Crippen LogP contribution in [0, 0.1) is 5.92 Å². The Morgan fingerprint density at radius 3 is 2.95 bits per heavy atom. The van der Waals surface area contributed by atoms with E-state index in [4.69, 9.17) is 9.84 Å². The van der Waals surface area contributed by atoms with E-state index in [1.807, 2.05) is 13.8 Å². The van der Waals surface area contributed by atoms with Crippen molar-refractivity contribution in [1.29, 1.82) is 0 Å². The third kappa shape index (κ3) is 4.08. The van der Waals surface area contributed by atoms with E-state index in [0.29, 0.717) is 18.1 Å². The molecule has 0 aliphatic heterocycles. The lowest BCUT2D eigenvalue weighted by Crippen LogP contribution is -2.31. The number of carbonyl (C=O) groups is 1. The highest BCUT2D eigenvalue weighted by molar-refractivity contribution is 5.70. The summed E-state index contributed by atoms with van der Waals surface area (Å²) in [5.41, 5.74) is 0. The van der Waals surface area contributed by atoms with Crippen LogP contribution < -0.4 is 10.1 Å². The van der Waals surface area contributed by atoms with Gasteiger partial charge in [-0.15, -0.1) is 0 Å². The molecule has 0 amide bonds. The molecule has 1 aromatic heterocycles. The van der Waals surface area contributed by atoms with Gasteiger partial charge in [0.2, 0.25) is 5.88 Å². The average molecular weight is 279 g/mol. The first-order chi connectivity index (χ1) is 9.54. The van der Waals surface area contributed by atoms with Crippen molar-refractivity contribution in [1.82, 2.24) is 9.97 Å². The van der Waals surface area contributed by atoms with Crippen LogP contribution >= 0.6 is 0 Å². The van der Waals surface area contributed by atoms with Gasteiger partial charge < -0.3 is 15.2 Å². The minimum atomic E-state index is -0.709. The number of aliphatic carboxylic acids is 1. The van der Waals surface area contributed by atoms with E-state index in [1.54, 1.807) is 12.4 Å². The second-order valence-corrected chi connectivity index (χ2v) is 5.45. The lowest BCUT2D eigenvalue weighted by molar-refractivity contribution is -0.142. The summed E-state index contributed by atoms with van der Waals surface area (Å²) in [4.78, 5) is 19.5. The van der Waals surface area contributed by atoms with Crippen molar-refractivity contribution >= 4 is 11.8 Å². The molecule has 0 aromatic carbocycles. The first-order valence-electron chi connectivity index (χ1n) is 7.02. The van der Waals surface area contributed by atoms with Crippen LogP contribution in [0.1, 0.15) is 39.5 Å². The highest BCUT2D eigenvalue weighted by Gasteiger charge is 2.27. The summed E-state index contributed by atoms with van der Waals surface area (Å²) < 4.78 is 5.50. The first-order valence-corrected chi connectivity index (χ1v) is 7.02. The SMILES string of the molecule is CC(C)Oc1cncc(NC2CCCC(C(=O)O)C2)n1. The third-order valence-corrected chi connectivity index (χ3v) is 3.34. The van der Waals surface area contributed by atoms with Crippen molar-refractivity contribution in [3.05, 3.63) is 12.4 Å². The zero-order valence-corrected chi connectivity index (χ0v) is 11.9. The minimum absolute atomic E-state index is 0.0469. The van der Waals surface area contributed by atoms with Gasteiger partial charge in [-0.25, -0.2) is 0 Å². The highest BCUT2D eigenvalue weighted by Crippen LogP contribution is 2.26. The van der Waals surface area contributed by atoms with Crippen LogP contribution in [0.15, 0.2) is 12.4 Å². The normalized spacial score (nSPS) is 22.6. The molecule has 6 nitrogen and oxygen atoms in total. The van der Waals surface area contributed by atoms with Crippen LogP contribution in [0.25, 0.3) is 0 Å². The lowest BCUT2D eigenvalue weighted by atomic mass is 9.86. The largest absolute Gasteiger partial charge is 0.481 e. The summed E-state index contributed by atoms with van der Waals surface area (Å²) in [5, 5.41) is 12.4. The summed E-state index contributed by atoms with van der Waals surface area (Å²) >= 11 is 0. The molecule has 1 saturated carbocycles. The smallest absolute Gasteiger partial charge is 0.306 e. The van der Waals surface area contributed by atoms with Crippen molar-refractivity contribution in [2.45, 2.75) is 51.7 Å². The van der Waals surface area contributed by atoms with E-state index in [9.17, 15) is 4.79 Å². The number of carboxylic acids is 1. The molecule has 1 heterocycles. The van der Waals surface area contributed by atoms with Gasteiger partial charge in [-0.05, 0) is 33.1 Å².